The Morgan fingerprint density at radius 1 is 1.04 bits per heavy atom. The molecule has 2 saturated heterocycles. The quantitative estimate of drug-likeness (QED) is 0.348. The Balaban J connectivity index is 1.32. The van der Waals surface area contributed by atoms with Crippen LogP contribution in [-0.2, 0) is 23.9 Å². The lowest BCUT2D eigenvalue weighted by Crippen LogP contribution is -2.58. The van der Waals surface area contributed by atoms with Gasteiger partial charge in [-0.25, -0.2) is 4.98 Å². The van der Waals surface area contributed by atoms with Gasteiger partial charge in [0.2, 0.25) is 17.7 Å². The first-order chi connectivity index (χ1) is 21.4. The normalized spacial score (nSPS) is 19.2. The van der Waals surface area contributed by atoms with Crippen molar-refractivity contribution in [2.75, 3.05) is 32.8 Å². The van der Waals surface area contributed by atoms with Crippen LogP contribution in [0.25, 0.3) is 10.4 Å². The predicted molar refractivity (Wildman–Crippen MR) is 175 cm³/mol. The van der Waals surface area contributed by atoms with E-state index in [-0.39, 0.29) is 42.2 Å². The number of likely N-dealkylation sites (tertiary alicyclic amines) is 2. The molecule has 1 aromatic heterocycles. The highest BCUT2D eigenvalue weighted by atomic mass is 32.1. The molecule has 246 valence electrons. The van der Waals surface area contributed by atoms with Crippen molar-refractivity contribution in [2.45, 2.75) is 91.8 Å². The maximum atomic E-state index is 13.9. The molecule has 0 bridgehead atoms. The van der Waals surface area contributed by atoms with Crippen LogP contribution in [0.5, 0.6) is 0 Å². The average molecular weight is 640 g/mol. The van der Waals surface area contributed by atoms with Gasteiger partial charge < -0.3 is 20.3 Å². The fourth-order valence-corrected chi connectivity index (χ4v) is 7.04. The molecule has 0 radical (unpaired) electrons. The first kappa shape index (κ1) is 34.6. The summed E-state index contributed by atoms with van der Waals surface area (Å²) in [4.78, 5) is 61.6. The maximum Gasteiger partial charge on any atom is 0.320 e. The van der Waals surface area contributed by atoms with E-state index >= 15 is 0 Å². The molecule has 2 aliphatic rings. The van der Waals surface area contributed by atoms with Gasteiger partial charge >= 0.3 is 5.97 Å². The molecule has 10 nitrogen and oxygen atoms in total. The van der Waals surface area contributed by atoms with Crippen molar-refractivity contribution in [2.24, 2.45) is 11.3 Å². The van der Waals surface area contributed by atoms with Gasteiger partial charge in [0.25, 0.3) is 0 Å². The molecule has 45 heavy (non-hydrogen) atoms. The number of nitrogens with one attached hydrogen (secondary N) is 2. The third kappa shape index (κ3) is 9.13. The molecule has 0 unspecified atom stereocenters. The summed E-state index contributed by atoms with van der Waals surface area (Å²) in [7, 11) is 0. The summed E-state index contributed by atoms with van der Waals surface area (Å²) < 4.78 is 5.05. The van der Waals surface area contributed by atoms with Gasteiger partial charge in [-0.15, -0.1) is 11.3 Å². The molecule has 4 rings (SSSR count). The second-order valence-electron chi connectivity index (χ2n) is 13.4. The minimum Gasteiger partial charge on any atom is -0.465 e. The van der Waals surface area contributed by atoms with Crippen LogP contribution in [0, 0.1) is 18.3 Å². The van der Waals surface area contributed by atoms with Gasteiger partial charge in [0.1, 0.15) is 12.1 Å². The maximum absolute atomic E-state index is 13.9. The fourth-order valence-electron chi connectivity index (χ4n) is 6.23. The number of rotatable bonds is 11. The Morgan fingerprint density at radius 2 is 1.73 bits per heavy atom. The van der Waals surface area contributed by atoms with Gasteiger partial charge in [-0.05, 0) is 82.0 Å². The van der Waals surface area contributed by atoms with Gasteiger partial charge in [-0.1, -0.05) is 45.0 Å². The molecule has 1 aromatic carbocycles. The zero-order valence-electron chi connectivity index (χ0n) is 27.6. The van der Waals surface area contributed by atoms with E-state index in [1.54, 1.807) is 23.2 Å². The van der Waals surface area contributed by atoms with Crippen molar-refractivity contribution < 1.29 is 23.9 Å². The van der Waals surface area contributed by atoms with E-state index in [0.717, 1.165) is 54.0 Å². The number of esters is 1. The number of ether oxygens (including phenoxy) is 1. The van der Waals surface area contributed by atoms with Crippen LogP contribution >= 0.6 is 11.3 Å². The number of carbonyl (C=O) groups is 4. The smallest absolute Gasteiger partial charge is 0.320 e. The first-order valence-corrected chi connectivity index (χ1v) is 17.0. The van der Waals surface area contributed by atoms with E-state index in [1.807, 2.05) is 64.4 Å². The van der Waals surface area contributed by atoms with Crippen molar-refractivity contribution in [3.63, 3.8) is 0 Å². The van der Waals surface area contributed by atoms with E-state index < -0.39 is 17.5 Å². The Labute approximate surface area is 271 Å². The highest BCUT2D eigenvalue weighted by Crippen LogP contribution is 2.30. The fraction of sp³-hybridized carbons (Fsp3) is 0.618. The van der Waals surface area contributed by atoms with Crippen LogP contribution in [0.2, 0.25) is 0 Å². The summed E-state index contributed by atoms with van der Waals surface area (Å²) in [5, 5.41) is 6.16. The van der Waals surface area contributed by atoms with E-state index in [4.69, 9.17) is 4.74 Å². The summed E-state index contributed by atoms with van der Waals surface area (Å²) in [6.07, 6.45) is 3.26. The second-order valence-corrected chi connectivity index (χ2v) is 14.3. The highest BCUT2D eigenvalue weighted by Gasteiger charge is 2.42. The molecule has 0 saturated carbocycles. The van der Waals surface area contributed by atoms with Crippen LogP contribution in [0.4, 0.5) is 0 Å². The Bertz CT molecular complexity index is 1330. The number of benzene rings is 1. The monoisotopic (exact) mass is 639 g/mol. The molecule has 3 atom stereocenters. The molecular weight excluding hydrogens is 590 g/mol. The first-order valence-electron chi connectivity index (χ1n) is 16.2. The number of hydrogen-bond donors (Lipinski definition) is 2. The number of nitrogens with zero attached hydrogens (tertiary/aromatic N) is 3. The Kier molecular flexibility index (Phi) is 11.8. The molecule has 2 N–H and O–H groups in total. The molecule has 11 heteroatoms. The molecule has 3 heterocycles. The minimum absolute atomic E-state index is 0.155. The van der Waals surface area contributed by atoms with Crippen molar-refractivity contribution in [3.05, 3.63) is 41.0 Å². The molecule has 2 aliphatic heterocycles. The van der Waals surface area contributed by atoms with Crippen LogP contribution in [0.1, 0.15) is 84.0 Å². The van der Waals surface area contributed by atoms with E-state index in [9.17, 15) is 19.2 Å². The van der Waals surface area contributed by atoms with Crippen molar-refractivity contribution in [1.82, 2.24) is 25.4 Å². The lowest BCUT2D eigenvalue weighted by atomic mass is 9.85. The van der Waals surface area contributed by atoms with Crippen LogP contribution in [0.3, 0.4) is 0 Å². The standard InChI is InChI=1S/C34H49N5O5S/c1-7-44-29(41)20-38-17-14-24(15-18-38)19-28(40)37-31(34(4,5)6)33(43)39-16-8-9-27(39)32(42)36-22(2)25-10-12-26(13-11-25)30-23(3)35-21-45-30/h10-13,21-22,24,27,31H,7-9,14-20H2,1-6H3,(H,36,42)(H,37,40)/t22-,27-,31+/m0/s1. The number of aromatic nitrogens is 1. The average Bonchev–Trinajstić information content (AvgIpc) is 3.66. The summed E-state index contributed by atoms with van der Waals surface area (Å²) in [5.41, 5.74) is 4.38. The summed E-state index contributed by atoms with van der Waals surface area (Å²) in [6.45, 7) is 14.1. The minimum atomic E-state index is -0.748. The van der Waals surface area contributed by atoms with Gasteiger partial charge in [0.05, 0.1) is 35.3 Å². The van der Waals surface area contributed by atoms with Crippen molar-refractivity contribution in [3.8, 4) is 10.4 Å². The predicted octanol–water partition coefficient (Wildman–Crippen LogP) is 4.48. The highest BCUT2D eigenvalue weighted by molar-refractivity contribution is 7.13. The zero-order valence-corrected chi connectivity index (χ0v) is 28.4. The van der Waals surface area contributed by atoms with Gasteiger partial charge in [-0.2, -0.15) is 0 Å². The van der Waals surface area contributed by atoms with E-state index in [1.165, 1.54) is 0 Å². The van der Waals surface area contributed by atoms with Crippen molar-refractivity contribution in [1.29, 1.82) is 0 Å². The third-order valence-corrected chi connectivity index (χ3v) is 9.85. The van der Waals surface area contributed by atoms with Gasteiger partial charge in [0.15, 0.2) is 0 Å². The topological polar surface area (TPSA) is 121 Å². The number of thiazole rings is 1. The Morgan fingerprint density at radius 3 is 2.33 bits per heavy atom. The SMILES string of the molecule is CCOC(=O)CN1CCC(CC(=O)N[C@H](C(=O)N2CCC[C@H]2C(=O)N[C@@H](C)c2ccc(-c3scnc3C)cc2)C(C)(C)C)CC1. The van der Waals surface area contributed by atoms with Crippen LogP contribution < -0.4 is 10.6 Å². The third-order valence-electron chi connectivity index (χ3n) is 8.87. The summed E-state index contributed by atoms with van der Waals surface area (Å²) in [6, 6.07) is 6.58. The number of amides is 3. The molecule has 2 fully saturated rings. The Hall–Kier alpha value is -3.31. The molecule has 3 amide bonds. The van der Waals surface area contributed by atoms with Gasteiger partial charge in [-0.3, -0.25) is 24.1 Å². The molecule has 2 aromatic rings. The molecule has 0 aliphatic carbocycles. The number of hydrogen-bond acceptors (Lipinski definition) is 8. The van der Waals surface area contributed by atoms with Crippen molar-refractivity contribution >= 4 is 35.0 Å². The number of aryl methyl sites for hydroxylation is 1. The summed E-state index contributed by atoms with van der Waals surface area (Å²) >= 11 is 1.61. The lowest BCUT2D eigenvalue weighted by molar-refractivity contribution is -0.145. The zero-order chi connectivity index (χ0) is 32.7. The molecule has 0 spiro atoms. The van der Waals surface area contributed by atoms with E-state index in [2.05, 4.69) is 20.5 Å². The van der Waals surface area contributed by atoms with Crippen LogP contribution in [0.15, 0.2) is 29.8 Å². The molecular formula is C34H49N5O5S. The second kappa shape index (κ2) is 15.3. The van der Waals surface area contributed by atoms with Crippen LogP contribution in [-0.4, -0.2) is 83.3 Å². The largest absolute Gasteiger partial charge is 0.465 e. The number of piperidine rings is 1. The summed E-state index contributed by atoms with van der Waals surface area (Å²) in [5.74, 6) is -0.581. The number of carbonyl (C=O) groups excluding carboxylic acids is 4. The van der Waals surface area contributed by atoms with E-state index in [0.29, 0.717) is 26.0 Å². The lowest BCUT2D eigenvalue weighted by Gasteiger charge is -2.36. The van der Waals surface area contributed by atoms with Gasteiger partial charge in [0, 0.05) is 13.0 Å².